The van der Waals surface area contributed by atoms with Gasteiger partial charge in [-0.05, 0) is 198 Å². The normalized spacial score (nSPS) is 15.7. The van der Waals surface area contributed by atoms with Gasteiger partial charge >= 0.3 is 0 Å². The van der Waals surface area contributed by atoms with Gasteiger partial charge in [0.25, 0.3) is 0 Å². The van der Waals surface area contributed by atoms with Crippen molar-refractivity contribution >= 4 is 34.1 Å². The molecule has 0 heterocycles. The van der Waals surface area contributed by atoms with Crippen molar-refractivity contribution in [1.29, 1.82) is 0 Å². The SMILES string of the molecule is Cc1ccccc1-c1ccc(N(c2ccc3c(c2)C(C)(C)c2ccccc2-3)c2ccc3c(c2)C(C)(C)c2cc(N(c4ccc5c(c4)C(C)(C)c4ccccc4-5)c4ccc5c(c4)C(C)(C)c4ccccc4-5)ccc2-3)cc1C. The van der Waals surface area contributed by atoms with Gasteiger partial charge in [-0.2, -0.15) is 0 Å². The van der Waals surface area contributed by atoms with Gasteiger partial charge in [0.1, 0.15) is 0 Å². The number of fused-ring (bicyclic) bond motifs is 12. The molecule has 14 rings (SSSR count). The molecule has 0 fully saturated rings. The summed E-state index contributed by atoms with van der Waals surface area (Å²) in [6.45, 7) is 23.6. The zero-order chi connectivity index (χ0) is 52.2. The van der Waals surface area contributed by atoms with E-state index in [1.165, 1.54) is 123 Å². The summed E-state index contributed by atoms with van der Waals surface area (Å²) in [7, 11) is 0. The Bertz CT molecular complexity index is 3990. The third kappa shape index (κ3) is 6.52. The lowest BCUT2D eigenvalue weighted by Crippen LogP contribution is -2.19. The highest BCUT2D eigenvalue weighted by Crippen LogP contribution is 2.57. The molecule has 0 aromatic heterocycles. The van der Waals surface area contributed by atoms with Crippen LogP contribution in [0.4, 0.5) is 34.1 Å². The van der Waals surface area contributed by atoms with E-state index in [0.717, 1.165) is 22.7 Å². The fraction of sp³-hybridized carbons (Fsp3) is 0.189. The maximum atomic E-state index is 2.53. The van der Waals surface area contributed by atoms with Crippen molar-refractivity contribution in [3.8, 4) is 55.6 Å². The number of hydrogen-bond donors (Lipinski definition) is 0. The number of aryl methyl sites for hydroxylation is 2. The van der Waals surface area contributed by atoms with Crippen LogP contribution in [0.5, 0.6) is 0 Å². The molecule has 2 heteroatoms. The Labute approximate surface area is 450 Å². The maximum Gasteiger partial charge on any atom is 0.0465 e. The summed E-state index contributed by atoms with van der Waals surface area (Å²) < 4.78 is 0. The molecular weight excluding hydrogens is 917 g/mol. The van der Waals surface area contributed by atoms with Crippen LogP contribution < -0.4 is 9.80 Å². The maximum absolute atomic E-state index is 2.53. The van der Waals surface area contributed by atoms with E-state index in [1.54, 1.807) is 0 Å². The Morgan fingerprint density at radius 1 is 0.211 bits per heavy atom. The monoisotopic (exact) mass is 981 g/mol. The Morgan fingerprint density at radius 2 is 0.434 bits per heavy atom. The van der Waals surface area contributed by atoms with Crippen LogP contribution in [0, 0.1) is 13.8 Å². The van der Waals surface area contributed by atoms with Crippen LogP contribution in [0.25, 0.3) is 55.6 Å². The number of hydrogen-bond acceptors (Lipinski definition) is 2. The third-order valence-corrected chi connectivity index (χ3v) is 18.5. The molecule has 10 aromatic carbocycles. The van der Waals surface area contributed by atoms with Crippen LogP contribution in [-0.2, 0) is 21.7 Å². The minimum Gasteiger partial charge on any atom is -0.310 e. The van der Waals surface area contributed by atoms with Crippen molar-refractivity contribution in [3.63, 3.8) is 0 Å². The lowest BCUT2D eigenvalue weighted by atomic mass is 9.81. The molecule has 0 radical (unpaired) electrons. The molecule has 10 aromatic rings. The van der Waals surface area contributed by atoms with Gasteiger partial charge in [-0.3, -0.25) is 0 Å². The molecule has 0 N–H and O–H groups in total. The van der Waals surface area contributed by atoms with Crippen molar-refractivity contribution in [2.75, 3.05) is 9.80 Å². The summed E-state index contributed by atoms with van der Waals surface area (Å²) >= 11 is 0. The van der Waals surface area contributed by atoms with Gasteiger partial charge in [-0.1, -0.05) is 189 Å². The summed E-state index contributed by atoms with van der Waals surface area (Å²) in [6, 6.07) is 78.8. The lowest BCUT2D eigenvalue weighted by molar-refractivity contribution is 0.659. The van der Waals surface area contributed by atoms with Gasteiger partial charge < -0.3 is 9.80 Å². The second kappa shape index (κ2) is 16.2. The molecule has 0 saturated heterocycles. The first kappa shape index (κ1) is 46.3. The fourth-order valence-electron chi connectivity index (χ4n) is 14.3. The molecule has 370 valence electrons. The van der Waals surface area contributed by atoms with Gasteiger partial charge in [-0.15, -0.1) is 0 Å². The van der Waals surface area contributed by atoms with Gasteiger partial charge in [0.15, 0.2) is 0 Å². The summed E-state index contributed by atoms with van der Waals surface area (Å²) in [6.07, 6.45) is 0. The molecule has 0 unspecified atom stereocenters. The zero-order valence-corrected chi connectivity index (χ0v) is 45.5. The van der Waals surface area contributed by atoms with Crippen LogP contribution in [0.3, 0.4) is 0 Å². The predicted molar refractivity (Wildman–Crippen MR) is 321 cm³/mol. The molecule has 0 bridgehead atoms. The van der Waals surface area contributed by atoms with Crippen LogP contribution in [-0.4, -0.2) is 0 Å². The van der Waals surface area contributed by atoms with E-state index in [2.05, 4.69) is 285 Å². The Kier molecular flexibility index (Phi) is 9.85. The summed E-state index contributed by atoms with van der Waals surface area (Å²) in [5.41, 5.74) is 32.9. The molecule has 0 atom stereocenters. The average molecular weight is 981 g/mol. The van der Waals surface area contributed by atoms with Gasteiger partial charge in [0.05, 0.1) is 0 Å². The summed E-state index contributed by atoms with van der Waals surface area (Å²) in [5, 5.41) is 0. The minimum atomic E-state index is -0.302. The van der Waals surface area contributed by atoms with Gasteiger partial charge in [0, 0.05) is 55.8 Å². The predicted octanol–water partition coefficient (Wildman–Crippen LogP) is 20.1. The molecular formula is C74H64N2. The quantitative estimate of drug-likeness (QED) is 0.157. The molecule has 0 aliphatic heterocycles. The van der Waals surface area contributed by atoms with Gasteiger partial charge in [0.2, 0.25) is 0 Å². The molecule has 0 saturated carbocycles. The summed E-state index contributed by atoms with van der Waals surface area (Å²) in [5.74, 6) is 0. The highest BCUT2D eigenvalue weighted by molar-refractivity contribution is 5.93. The number of nitrogens with zero attached hydrogens (tertiary/aromatic N) is 2. The molecule has 0 spiro atoms. The first-order chi connectivity index (χ1) is 36.5. The average Bonchev–Trinajstić information content (AvgIpc) is 4.14. The van der Waals surface area contributed by atoms with Crippen molar-refractivity contribution < 1.29 is 0 Å². The van der Waals surface area contributed by atoms with E-state index in [4.69, 9.17) is 0 Å². The number of rotatable bonds is 7. The standard InChI is InChI=1S/C74H64N2/c1-45-19-11-12-20-53(45)54-33-27-47(39-46(54)2)75(48-28-34-58-55-21-13-16-24-63(55)71(3,4)66(58)40-48)49-31-37-61-62-38-32-52(44-70(62)74(9,10)69(61)43-49)76(50-29-35-59-56-22-14-17-25-64(56)72(5,6)67(59)41-50)51-30-36-60-57-23-15-18-26-65(57)73(7,8)68(60)42-51/h11-44H,1-10H3. The third-order valence-electron chi connectivity index (χ3n) is 18.5. The van der Waals surface area contributed by atoms with E-state index in [0.29, 0.717) is 0 Å². The highest BCUT2D eigenvalue weighted by Gasteiger charge is 2.41. The van der Waals surface area contributed by atoms with Crippen LogP contribution in [0.2, 0.25) is 0 Å². The first-order valence-electron chi connectivity index (χ1n) is 27.3. The van der Waals surface area contributed by atoms with E-state index in [-0.39, 0.29) is 21.7 Å². The second-order valence-corrected chi connectivity index (χ2v) is 24.3. The molecule has 4 aliphatic rings. The largest absolute Gasteiger partial charge is 0.310 e. The van der Waals surface area contributed by atoms with E-state index in [9.17, 15) is 0 Å². The second-order valence-electron chi connectivity index (χ2n) is 24.3. The Morgan fingerprint density at radius 3 is 0.737 bits per heavy atom. The molecule has 0 amide bonds. The molecule has 76 heavy (non-hydrogen) atoms. The van der Waals surface area contributed by atoms with E-state index in [1.807, 2.05) is 0 Å². The smallest absolute Gasteiger partial charge is 0.0465 e. The topological polar surface area (TPSA) is 6.48 Å². The molecule has 4 aliphatic carbocycles. The van der Waals surface area contributed by atoms with E-state index < -0.39 is 0 Å². The van der Waals surface area contributed by atoms with E-state index >= 15 is 0 Å². The Hall–Kier alpha value is -8.20. The van der Waals surface area contributed by atoms with Crippen LogP contribution >= 0.6 is 0 Å². The minimum absolute atomic E-state index is 0.132. The lowest BCUT2D eigenvalue weighted by Gasteiger charge is -2.31. The van der Waals surface area contributed by atoms with Crippen molar-refractivity contribution in [1.82, 2.24) is 0 Å². The van der Waals surface area contributed by atoms with Crippen LogP contribution in [0.1, 0.15) is 111 Å². The first-order valence-corrected chi connectivity index (χ1v) is 27.3. The number of benzene rings is 10. The van der Waals surface area contributed by atoms with Crippen LogP contribution in [0.15, 0.2) is 206 Å². The zero-order valence-electron chi connectivity index (χ0n) is 45.5. The molecule has 2 nitrogen and oxygen atoms in total. The summed E-state index contributed by atoms with van der Waals surface area (Å²) in [4.78, 5) is 5.03. The van der Waals surface area contributed by atoms with Crippen molar-refractivity contribution in [2.45, 2.75) is 90.9 Å². The fourth-order valence-corrected chi connectivity index (χ4v) is 14.3. The van der Waals surface area contributed by atoms with Crippen molar-refractivity contribution in [3.05, 3.63) is 262 Å². The highest BCUT2D eigenvalue weighted by atomic mass is 15.1. The van der Waals surface area contributed by atoms with Gasteiger partial charge in [-0.25, -0.2) is 0 Å². The Balaban J connectivity index is 0.904. The van der Waals surface area contributed by atoms with Crippen molar-refractivity contribution in [2.24, 2.45) is 0 Å². The number of anilines is 6.